The molecule has 0 bridgehead atoms. The van der Waals surface area contributed by atoms with Crippen LogP contribution in [0.15, 0.2) is 30.3 Å². The van der Waals surface area contributed by atoms with Crippen molar-refractivity contribution in [3.63, 3.8) is 0 Å². The third kappa shape index (κ3) is 2.54. The molecule has 20 heavy (non-hydrogen) atoms. The standard InChI is InChI=1S/C15H20N2O3/c1-11(2)20-10-9-17-14(19)16-13(18)15(17,3)12-7-5-4-6-8-12/h4-8,11H,9-10H2,1-3H3,(H,16,18,19). The maximum atomic E-state index is 12.2. The lowest BCUT2D eigenvalue weighted by Gasteiger charge is -2.32. The number of urea groups is 1. The molecule has 1 aliphatic heterocycles. The molecule has 1 aromatic carbocycles. The molecule has 1 fully saturated rings. The first-order valence-electron chi connectivity index (χ1n) is 6.76. The van der Waals surface area contributed by atoms with Crippen molar-refractivity contribution < 1.29 is 14.3 Å². The maximum Gasteiger partial charge on any atom is 0.325 e. The topological polar surface area (TPSA) is 58.6 Å². The van der Waals surface area contributed by atoms with Gasteiger partial charge in [-0.1, -0.05) is 30.3 Å². The average Bonchev–Trinajstić information content (AvgIpc) is 2.63. The summed E-state index contributed by atoms with van der Waals surface area (Å²) in [4.78, 5) is 25.7. The van der Waals surface area contributed by atoms with Gasteiger partial charge in [-0.15, -0.1) is 0 Å². The van der Waals surface area contributed by atoms with Crippen molar-refractivity contribution in [1.29, 1.82) is 0 Å². The number of imide groups is 1. The van der Waals surface area contributed by atoms with Crippen LogP contribution in [0.25, 0.3) is 0 Å². The Kier molecular flexibility index (Phi) is 4.09. The van der Waals surface area contributed by atoms with Crippen LogP contribution in [-0.2, 0) is 15.1 Å². The van der Waals surface area contributed by atoms with E-state index >= 15 is 0 Å². The highest BCUT2D eigenvalue weighted by Gasteiger charge is 2.50. The summed E-state index contributed by atoms with van der Waals surface area (Å²) in [6, 6.07) is 8.95. The van der Waals surface area contributed by atoms with Crippen LogP contribution in [0.2, 0.25) is 0 Å². The molecule has 5 nitrogen and oxygen atoms in total. The largest absolute Gasteiger partial charge is 0.377 e. The Balaban J connectivity index is 2.23. The Morgan fingerprint density at radius 3 is 2.50 bits per heavy atom. The lowest BCUT2D eigenvalue weighted by Crippen LogP contribution is -2.45. The van der Waals surface area contributed by atoms with Crippen molar-refractivity contribution in [2.75, 3.05) is 13.2 Å². The summed E-state index contributed by atoms with van der Waals surface area (Å²) in [5, 5.41) is 2.39. The second-order valence-corrected chi connectivity index (χ2v) is 5.27. The SMILES string of the molecule is CC(C)OCCN1C(=O)NC(=O)C1(C)c1ccccc1. The monoisotopic (exact) mass is 276 g/mol. The molecule has 1 atom stereocenters. The van der Waals surface area contributed by atoms with Crippen LogP contribution in [0, 0.1) is 0 Å². The Bertz CT molecular complexity index is 501. The van der Waals surface area contributed by atoms with Crippen molar-refractivity contribution in [3.05, 3.63) is 35.9 Å². The molecule has 2 rings (SSSR count). The van der Waals surface area contributed by atoms with Gasteiger partial charge < -0.3 is 9.64 Å². The quantitative estimate of drug-likeness (QED) is 0.835. The van der Waals surface area contributed by atoms with E-state index in [0.29, 0.717) is 13.2 Å². The van der Waals surface area contributed by atoms with Crippen LogP contribution in [0.3, 0.4) is 0 Å². The zero-order chi connectivity index (χ0) is 14.8. The summed E-state index contributed by atoms with van der Waals surface area (Å²) in [7, 11) is 0. The van der Waals surface area contributed by atoms with Crippen molar-refractivity contribution in [2.24, 2.45) is 0 Å². The molecular weight excluding hydrogens is 256 g/mol. The molecule has 3 amide bonds. The number of benzene rings is 1. The Hall–Kier alpha value is -1.88. The van der Waals surface area contributed by atoms with Crippen molar-refractivity contribution in [1.82, 2.24) is 10.2 Å². The summed E-state index contributed by atoms with van der Waals surface area (Å²) in [6.07, 6.45) is 0.0966. The summed E-state index contributed by atoms with van der Waals surface area (Å²) in [6.45, 7) is 6.41. The molecule has 1 N–H and O–H groups in total. The van der Waals surface area contributed by atoms with E-state index in [-0.39, 0.29) is 18.0 Å². The molecule has 5 heteroatoms. The van der Waals surface area contributed by atoms with Crippen LogP contribution in [0.1, 0.15) is 26.3 Å². The Morgan fingerprint density at radius 1 is 1.25 bits per heavy atom. The van der Waals surface area contributed by atoms with E-state index in [1.54, 1.807) is 6.92 Å². The van der Waals surface area contributed by atoms with Gasteiger partial charge in [-0.3, -0.25) is 10.1 Å². The van der Waals surface area contributed by atoms with E-state index in [9.17, 15) is 9.59 Å². The summed E-state index contributed by atoms with van der Waals surface area (Å²) in [5.74, 6) is -0.293. The van der Waals surface area contributed by atoms with Gasteiger partial charge in [0.1, 0.15) is 5.54 Å². The van der Waals surface area contributed by atoms with Gasteiger partial charge >= 0.3 is 6.03 Å². The van der Waals surface area contributed by atoms with E-state index < -0.39 is 5.54 Å². The number of rotatable bonds is 5. The van der Waals surface area contributed by atoms with Crippen LogP contribution in [0.4, 0.5) is 4.79 Å². The predicted octanol–water partition coefficient (Wildman–Crippen LogP) is 1.88. The molecule has 1 heterocycles. The maximum absolute atomic E-state index is 12.2. The first-order chi connectivity index (χ1) is 9.46. The van der Waals surface area contributed by atoms with E-state index in [2.05, 4.69) is 5.32 Å². The van der Waals surface area contributed by atoms with Crippen molar-refractivity contribution in [3.8, 4) is 0 Å². The van der Waals surface area contributed by atoms with E-state index in [1.807, 2.05) is 44.2 Å². The molecule has 1 saturated heterocycles. The second kappa shape index (κ2) is 5.63. The number of carbonyl (C=O) groups excluding carboxylic acids is 2. The fourth-order valence-electron chi connectivity index (χ4n) is 2.37. The van der Waals surface area contributed by atoms with Gasteiger partial charge in [0.15, 0.2) is 0 Å². The van der Waals surface area contributed by atoms with Gasteiger partial charge in [-0.05, 0) is 26.3 Å². The molecule has 0 aromatic heterocycles. The minimum Gasteiger partial charge on any atom is -0.377 e. The van der Waals surface area contributed by atoms with E-state index in [1.165, 1.54) is 4.90 Å². The molecule has 1 unspecified atom stereocenters. The van der Waals surface area contributed by atoms with Gasteiger partial charge in [0.2, 0.25) is 0 Å². The Labute approximate surface area is 118 Å². The fraction of sp³-hybridized carbons (Fsp3) is 0.467. The van der Waals surface area contributed by atoms with Crippen LogP contribution < -0.4 is 5.32 Å². The van der Waals surface area contributed by atoms with Crippen molar-refractivity contribution in [2.45, 2.75) is 32.4 Å². The van der Waals surface area contributed by atoms with Crippen molar-refractivity contribution >= 4 is 11.9 Å². The minimum atomic E-state index is -0.974. The molecule has 0 aliphatic carbocycles. The van der Waals surface area contributed by atoms with E-state index in [4.69, 9.17) is 4.74 Å². The lowest BCUT2D eigenvalue weighted by atomic mass is 9.90. The first-order valence-corrected chi connectivity index (χ1v) is 6.76. The van der Waals surface area contributed by atoms with Gasteiger partial charge in [-0.25, -0.2) is 4.79 Å². The van der Waals surface area contributed by atoms with Crippen LogP contribution in [-0.4, -0.2) is 36.1 Å². The fourth-order valence-corrected chi connectivity index (χ4v) is 2.37. The number of hydrogen-bond acceptors (Lipinski definition) is 3. The van der Waals surface area contributed by atoms with Gasteiger partial charge in [-0.2, -0.15) is 0 Å². The molecule has 0 saturated carbocycles. The van der Waals surface area contributed by atoms with Gasteiger partial charge in [0.05, 0.1) is 12.7 Å². The molecule has 1 aromatic rings. The zero-order valence-electron chi connectivity index (χ0n) is 12.1. The highest BCUT2D eigenvalue weighted by Crippen LogP contribution is 2.32. The molecule has 1 aliphatic rings. The average molecular weight is 276 g/mol. The lowest BCUT2D eigenvalue weighted by molar-refractivity contribution is -0.126. The van der Waals surface area contributed by atoms with Gasteiger partial charge in [0, 0.05) is 6.54 Å². The number of ether oxygens (including phenoxy) is 1. The minimum absolute atomic E-state index is 0.0966. The first kappa shape index (κ1) is 14.5. The third-order valence-electron chi connectivity index (χ3n) is 3.55. The molecule has 108 valence electrons. The third-order valence-corrected chi connectivity index (χ3v) is 3.55. The summed E-state index contributed by atoms with van der Waals surface area (Å²) < 4.78 is 5.48. The number of hydrogen-bond donors (Lipinski definition) is 1. The zero-order valence-corrected chi connectivity index (χ0v) is 12.1. The summed E-state index contributed by atoms with van der Waals surface area (Å²) >= 11 is 0. The van der Waals surface area contributed by atoms with Gasteiger partial charge in [0.25, 0.3) is 5.91 Å². The summed E-state index contributed by atoms with van der Waals surface area (Å²) in [5.41, 5.74) is -0.175. The molecule has 0 radical (unpaired) electrons. The Morgan fingerprint density at radius 2 is 1.90 bits per heavy atom. The van der Waals surface area contributed by atoms with E-state index in [0.717, 1.165) is 5.56 Å². The van der Waals surface area contributed by atoms with Crippen LogP contribution in [0.5, 0.6) is 0 Å². The number of nitrogens with one attached hydrogen (secondary N) is 1. The highest BCUT2D eigenvalue weighted by molar-refractivity contribution is 6.07. The smallest absolute Gasteiger partial charge is 0.325 e. The number of carbonyl (C=O) groups is 2. The normalized spacial score (nSPS) is 22.5. The molecule has 0 spiro atoms. The van der Waals surface area contributed by atoms with Crippen LogP contribution >= 0.6 is 0 Å². The number of nitrogens with zero attached hydrogens (tertiary/aromatic N) is 1. The molecular formula is C15H20N2O3. The highest BCUT2D eigenvalue weighted by atomic mass is 16.5. The second-order valence-electron chi connectivity index (χ2n) is 5.27. The number of amides is 3. The predicted molar refractivity (Wildman–Crippen MR) is 75.1 cm³/mol.